The van der Waals surface area contributed by atoms with Crippen molar-refractivity contribution in [3.05, 3.63) is 46.6 Å². The van der Waals surface area contributed by atoms with Gasteiger partial charge in [0.05, 0.1) is 12.7 Å². The van der Waals surface area contributed by atoms with E-state index in [0.717, 1.165) is 17.6 Å². The molecule has 0 aromatic heterocycles. The Morgan fingerprint density at radius 1 is 1.27 bits per heavy atom. The van der Waals surface area contributed by atoms with Crippen LogP contribution in [-0.4, -0.2) is 22.9 Å². The lowest BCUT2D eigenvalue weighted by atomic mass is 9.71. The van der Waals surface area contributed by atoms with Gasteiger partial charge in [0.1, 0.15) is 0 Å². The number of rotatable bonds is 6. The van der Waals surface area contributed by atoms with Crippen molar-refractivity contribution in [3.63, 3.8) is 0 Å². The molecule has 0 aliphatic heterocycles. The van der Waals surface area contributed by atoms with E-state index in [1.54, 1.807) is 12.2 Å². The summed E-state index contributed by atoms with van der Waals surface area (Å²) in [6.07, 6.45) is 11.6. The number of aliphatic hydroxyl groups excluding tert-OH is 2. The molecule has 0 fully saturated rings. The first-order valence-electron chi connectivity index (χ1n) is 8.27. The molecule has 1 rings (SSSR count). The Bertz CT molecular complexity index is 490. The Morgan fingerprint density at radius 3 is 2.55 bits per heavy atom. The first kappa shape index (κ1) is 18.9. The van der Waals surface area contributed by atoms with Gasteiger partial charge in [-0.25, -0.2) is 0 Å². The Labute approximate surface area is 135 Å². The standard InChI is InChI=1S/C20H32O2/c1-15(12-14-21)8-11-19(22)17(3)9-10-18-16(2)7-6-13-20(18,4)5/h8-9,11-12,19,21-22H,6-7,10,13-14H2,1-5H3. The van der Waals surface area contributed by atoms with Crippen LogP contribution >= 0.6 is 0 Å². The van der Waals surface area contributed by atoms with Crippen molar-refractivity contribution in [2.24, 2.45) is 5.41 Å². The van der Waals surface area contributed by atoms with E-state index in [2.05, 4.69) is 26.8 Å². The molecule has 2 nitrogen and oxygen atoms in total. The maximum absolute atomic E-state index is 10.2. The van der Waals surface area contributed by atoms with E-state index in [0.29, 0.717) is 0 Å². The zero-order valence-corrected chi connectivity index (χ0v) is 14.8. The van der Waals surface area contributed by atoms with Crippen molar-refractivity contribution < 1.29 is 10.2 Å². The zero-order chi connectivity index (χ0) is 16.8. The highest BCUT2D eigenvalue weighted by Crippen LogP contribution is 2.42. The van der Waals surface area contributed by atoms with Gasteiger partial charge < -0.3 is 10.2 Å². The third-order valence-corrected chi connectivity index (χ3v) is 4.74. The second-order valence-electron chi connectivity index (χ2n) is 7.08. The lowest BCUT2D eigenvalue weighted by Gasteiger charge is -2.34. The van der Waals surface area contributed by atoms with E-state index in [1.807, 2.05) is 19.9 Å². The fourth-order valence-corrected chi connectivity index (χ4v) is 3.12. The molecule has 1 aliphatic carbocycles. The van der Waals surface area contributed by atoms with Crippen molar-refractivity contribution >= 4 is 0 Å². The molecule has 0 heterocycles. The van der Waals surface area contributed by atoms with Gasteiger partial charge in [0, 0.05) is 0 Å². The fourth-order valence-electron chi connectivity index (χ4n) is 3.12. The van der Waals surface area contributed by atoms with Gasteiger partial charge in [-0.2, -0.15) is 0 Å². The van der Waals surface area contributed by atoms with Gasteiger partial charge in [0.2, 0.25) is 0 Å². The molecule has 0 radical (unpaired) electrons. The third kappa shape index (κ3) is 5.58. The summed E-state index contributed by atoms with van der Waals surface area (Å²) in [7, 11) is 0. The van der Waals surface area contributed by atoms with E-state index in [4.69, 9.17) is 5.11 Å². The number of hydrogen-bond donors (Lipinski definition) is 2. The lowest BCUT2D eigenvalue weighted by Crippen LogP contribution is -2.20. The molecule has 2 heteroatoms. The van der Waals surface area contributed by atoms with Crippen LogP contribution < -0.4 is 0 Å². The van der Waals surface area contributed by atoms with Gasteiger partial charge >= 0.3 is 0 Å². The highest BCUT2D eigenvalue weighted by Gasteiger charge is 2.27. The Kier molecular flexibility index (Phi) is 7.31. The maximum Gasteiger partial charge on any atom is 0.0932 e. The molecular formula is C20H32O2. The van der Waals surface area contributed by atoms with Crippen LogP contribution in [0.5, 0.6) is 0 Å². The molecular weight excluding hydrogens is 272 g/mol. The summed E-state index contributed by atoms with van der Waals surface area (Å²) >= 11 is 0. The molecule has 0 spiro atoms. The van der Waals surface area contributed by atoms with Crippen LogP contribution in [0.15, 0.2) is 46.6 Å². The van der Waals surface area contributed by atoms with Gasteiger partial charge in [-0.3, -0.25) is 0 Å². The fraction of sp³-hybridized carbons (Fsp3) is 0.600. The second-order valence-corrected chi connectivity index (χ2v) is 7.08. The monoisotopic (exact) mass is 304 g/mol. The maximum atomic E-state index is 10.2. The molecule has 0 bridgehead atoms. The molecule has 2 N–H and O–H groups in total. The minimum absolute atomic E-state index is 0.0314. The average Bonchev–Trinajstić information content (AvgIpc) is 2.43. The molecule has 0 aromatic carbocycles. The summed E-state index contributed by atoms with van der Waals surface area (Å²) in [6, 6.07) is 0. The van der Waals surface area contributed by atoms with E-state index in [1.165, 1.54) is 30.4 Å². The van der Waals surface area contributed by atoms with Crippen LogP contribution in [-0.2, 0) is 0 Å². The molecule has 0 saturated carbocycles. The summed E-state index contributed by atoms with van der Waals surface area (Å²) in [5.41, 5.74) is 5.27. The largest absolute Gasteiger partial charge is 0.392 e. The molecule has 0 saturated heterocycles. The van der Waals surface area contributed by atoms with E-state index in [-0.39, 0.29) is 12.0 Å². The van der Waals surface area contributed by atoms with Crippen LogP contribution in [0.1, 0.15) is 60.3 Å². The minimum Gasteiger partial charge on any atom is -0.392 e. The molecule has 1 aliphatic rings. The van der Waals surface area contributed by atoms with E-state index < -0.39 is 6.10 Å². The van der Waals surface area contributed by atoms with Crippen LogP contribution in [0, 0.1) is 5.41 Å². The molecule has 22 heavy (non-hydrogen) atoms. The summed E-state index contributed by atoms with van der Waals surface area (Å²) in [4.78, 5) is 0. The predicted molar refractivity (Wildman–Crippen MR) is 94.7 cm³/mol. The van der Waals surface area contributed by atoms with Crippen molar-refractivity contribution in [1.29, 1.82) is 0 Å². The van der Waals surface area contributed by atoms with Gasteiger partial charge in [-0.15, -0.1) is 0 Å². The highest BCUT2D eigenvalue weighted by molar-refractivity contribution is 5.27. The first-order chi connectivity index (χ1) is 10.3. The summed E-state index contributed by atoms with van der Waals surface area (Å²) in [6.45, 7) is 10.8. The van der Waals surface area contributed by atoms with Crippen LogP contribution in [0.4, 0.5) is 0 Å². The van der Waals surface area contributed by atoms with Crippen LogP contribution in [0.2, 0.25) is 0 Å². The highest BCUT2D eigenvalue weighted by atomic mass is 16.3. The lowest BCUT2D eigenvalue weighted by molar-refractivity contribution is 0.258. The number of allylic oxidation sites excluding steroid dienone is 5. The summed E-state index contributed by atoms with van der Waals surface area (Å²) < 4.78 is 0. The molecule has 0 amide bonds. The first-order valence-corrected chi connectivity index (χ1v) is 8.27. The SMILES string of the molecule is CC(C=CC(O)C(C)=CCC1=C(C)CCCC1(C)C)=CCO. The van der Waals surface area contributed by atoms with E-state index >= 15 is 0 Å². The van der Waals surface area contributed by atoms with Crippen molar-refractivity contribution in [2.45, 2.75) is 66.4 Å². The van der Waals surface area contributed by atoms with Crippen molar-refractivity contribution in [2.75, 3.05) is 6.61 Å². The predicted octanol–water partition coefficient (Wildman–Crippen LogP) is 4.71. The molecule has 124 valence electrons. The van der Waals surface area contributed by atoms with E-state index in [9.17, 15) is 5.11 Å². The Hall–Kier alpha value is -1.12. The molecule has 1 unspecified atom stereocenters. The topological polar surface area (TPSA) is 40.5 Å². The van der Waals surface area contributed by atoms with Crippen molar-refractivity contribution in [1.82, 2.24) is 0 Å². The van der Waals surface area contributed by atoms with Gasteiger partial charge in [0.15, 0.2) is 0 Å². The van der Waals surface area contributed by atoms with Crippen molar-refractivity contribution in [3.8, 4) is 0 Å². The molecule has 1 atom stereocenters. The molecule has 0 aromatic rings. The third-order valence-electron chi connectivity index (χ3n) is 4.74. The van der Waals surface area contributed by atoms with Crippen LogP contribution in [0.3, 0.4) is 0 Å². The van der Waals surface area contributed by atoms with Gasteiger partial charge in [-0.1, -0.05) is 54.9 Å². The average molecular weight is 304 g/mol. The zero-order valence-electron chi connectivity index (χ0n) is 14.8. The van der Waals surface area contributed by atoms with Crippen LogP contribution in [0.25, 0.3) is 0 Å². The summed E-state index contributed by atoms with van der Waals surface area (Å²) in [5, 5.41) is 19.0. The van der Waals surface area contributed by atoms with Gasteiger partial charge in [-0.05, 0) is 57.4 Å². The smallest absolute Gasteiger partial charge is 0.0932 e. The second kappa shape index (κ2) is 8.50. The Morgan fingerprint density at radius 2 is 1.95 bits per heavy atom. The normalized spacial score (nSPS) is 21.6. The summed E-state index contributed by atoms with van der Waals surface area (Å²) in [5.74, 6) is 0. The quantitative estimate of drug-likeness (QED) is 0.551. The minimum atomic E-state index is -0.561. The number of hydrogen-bond acceptors (Lipinski definition) is 2. The van der Waals surface area contributed by atoms with Gasteiger partial charge in [0.25, 0.3) is 0 Å². The Balaban J connectivity index is 2.75. The number of aliphatic hydroxyl groups is 2.